The van der Waals surface area contributed by atoms with E-state index in [4.69, 9.17) is 23.8 Å². The molecule has 0 saturated carbocycles. The first kappa shape index (κ1) is 14.8. The molecule has 0 fully saturated rings. The lowest BCUT2D eigenvalue weighted by molar-refractivity contribution is 0.593. The fourth-order valence-corrected chi connectivity index (χ4v) is 3.39. The van der Waals surface area contributed by atoms with E-state index in [1.165, 1.54) is 12.1 Å². The standard InChI is InChI=1S/C13H11ClN2O2S2/c14-11-8-4-5-9-12(11)20(17,18)16-13(19)15-10-6-2-1-3-7-10/h1-9H,(H2,15,16,19). The van der Waals surface area contributed by atoms with Crippen LogP contribution in [-0.2, 0) is 10.0 Å². The number of hydrogen-bond donors (Lipinski definition) is 2. The zero-order valence-corrected chi connectivity index (χ0v) is 12.6. The fraction of sp³-hybridized carbons (Fsp3) is 0. The van der Waals surface area contributed by atoms with Crippen molar-refractivity contribution in [2.24, 2.45) is 0 Å². The Morgan fingerprint density at radius 1 is 1.00 bits per heavy atom. The van der Waals surface area contributed by atoms with Gasteiger partial charge in [0.05, 0.1) is 5.02 Å². The largest absolute Gasteiger partial charge is 0.332 e. The quantitative estimate of drug-likeness (QED) is 0.851. The molecule has 2 N–H and O–H groups in total. The summed E-state index contributed by atoms with van der Waals surface area (Å²) in [4.78, 5) is -0.0149. The van der Waals surface area contributed by atoms with Crippen LogP contribution in [-0.4, -0.2) is 13.5 Å². The van der Waals surface area contributed by atoms with Crippen LogP contribution in [0.5, 0.6) is 0 Å². The van der Waals surface area contributed by atoms with Crippen LogP contribution in [0.25, 0.3) is 0 Å². The van der Waals surface area contributed by atoms with Gasteiger partial charge in [0, 0.05) is 5.69 Å². The van der Waals surface area contributed by atoms with E-state index in [9.17, 15) is 8.42 Å². The minimum absolute atomic E-state index is 0.0149. The molecule has 0 aliphatic heterocycles. The van der Waals surface area contributed by atoms with Crippen LogP contribution in [0.15, 0.2) is 59.5 Å². The van der Waals surface area contributed by atoms with Gasteiger partial charge in [0.15, 0.2) is 5.11 Å². The first-order valence-electron chi connectivity index (χ1n) is 5.62. The molecular weight excluding hydrogens is 316 g/mol. The third kappa shape index (κ3) is 3.69. The molecule has 0 unspecified atom stereocenters. The molecule has 0 atom stereocenters. The monoisotopic (exact) mass is 326 g/mol. The Hall–Kier alpha value is -1.63. The molecule has 0 aliphatic carbocycles. The number of para-hydroxylation sites is 1. The highest BCUT2D eigenvalue weighted by Gasteiger charge is 2.18. The average molecular weight is 327 g/mol. The van der Waals surface area contributed by atoms with Crippen molar-refractivity contribution in [2.45, 2.75) is 4.90 Å². The van der Waals surface area contributed by atoms with E-state index in [1.54, 1.807) is 24.3 Å². The Morgan fingerprint density at radius 2 is 1.60 bits per heavy atom. The van der Waals surface area contributed by atoms with E-state index in [1.807, 2.05) is 18.2 Å². The molecule has 0 aliphatic rings. The first-order chi connectivity index (χ1) is 9.49. The number of hydrogen-bond acceptors (Lipinski definition) is 3. The zero-order chi connectivity index (χ0) is 14.6. The Morgan fingerprint density at radius 3 is 2.25 bits per heavy atom. The minimum Gasteiger partial charge on any atom is -0.332 e. The number of thiocarbonyl (C=S) groups is 1. The number of halogens is 1. The molecule has 0 radical (unpaired) electrons. The summed E-state index contributed by atoms with van der Waals surface area (Å²) < 4.78 is 26.5. The average Bonchev–Trinajstić information content (AvgIpc) is 2.39. The summed E-state index contributed by atoms with van der Waals surface area (Å²) in [6, 6.07) is 15.2. The van der Waals surface area contributed by atoms with Crippen molar-refractivity contribution in [2.75, 3.05) is 5.32 Å². The van der Waals surface area contributed by atoms with E-state index in [0.717, 1.165) is 0 Å². The van der Waals surface area contributed by atoms with Crippen LogP contribution < -0.4 is 10.0 Å². The van der Waals surface area contributed by atoms with Gasteiger partial charge in [-0.2, -0.15) is 0 Å². The first-order valence-corrected chi connectivity index (χ1v) is 7.89. The fourth-order valence-electron chi connectivity index (χ4n) is 1.52. The Labute approximate surface area is 127 Å². The summed E-state index contributed by atoms with van der Waals surface area (Å²) in [6.45, 7) is 0. The van der Waals surface area contributed by atoms with Crippen molar-refractivity contribution in [3.05, 3.63) is 59.6 Å². The Kier molecular flexibility index (Phi) is 4.59. The minimum atomic E-state index is -3.80. The number of nitrogens with one attached hydrogen (secondary N) is 2. The van der Waals surface area contributed by atoms with Crippen molar-refractivity contribution >= 4 is 44.6 Å². The van der Waals surface area contributed by atoms with E-state index >= 15 is 0 Å². The van der Waals surface area contributed by atoms with Crippen LogP contribution in [0.1, 0.15) is 0 Å². The SMILES string of the molecule is O=S(=O)(NC(=S)Nc1ccccc1)c1ccccc1Cl. The highest BCUT2D eigenvalue weighted by atomic mass is 35.5. The number of sulfonamides is 1. The third-order valence-electron chi connectivity index (χ3n) is 2.38. The summed E-state index contributed by atoms with van der Waals surface area (Å²) in [7, 11) is -3.80. The number of rotatable bonds is 3. The maximum atomic E-state index is 12.1. The van der Waals surface area contributed by atoms with Crippen LogP contribution in [0.2, 0.25) is 5.02 Å². The van der Waals surface area contributed by atoms with Gasteiger partial charge < -0.3 is 5.32 Å². The van der Waals surface area contributed by atoms with Crippen LogP contribution in [0, 0.1) is 0 Å². The molecule has 2 aromatic rings. The van der Waals surface area contributed by atoms with Crippen molar-refractivity contribution in [1.29, 1.82) is 0 Å². The van der Waals surface area contributed by atoms with Crippen LogP contribution in [0.4, 0.5) is 5.69 Å². The molecular formula is C13H11ClN2O2S2. The van der Waals surface area contributed by atoms with Crippen LogP contribution >= 0.6 is 23.8 Å². The second kappa shape index (κ2) is 6.21. The summed E-state index contributed by atoms with van der Waals surface area (Å²) in [6.07, 6.45) is 0. The molecule has 4 nitrogen and oxygen atoms in total. The van der Waals surface area contributed by atoms with Gasteiger partial charge in [-0.3, -0.25) is 4.72 Å². The lowest BCUT2D eigenvalue weighted by atomic mass is 10.3. The van der Waals surface area contributed by atoms with Crippen LogP contribution in [0.3, 0.4) is 0 Å². The van der Waals surface area contributed by atoms with Gasteiger partial charge in [-0.15, -0.1) is 0 Å². The maximum absolute atomic E-state index is 12.1. The van der Waals surface area contributed by atoms with Crippen molar-refractivity contribution in [3.63, 3.8) is 0 Å². The summed E-state index contributed by atoms with van der Waals surface area (Å²) in [5.74, 6) is 0. The molecule has 0 spiro atoms. The second-order valence-electron chi connectivity index (χ2n) is 3.86. The summed E-state index contributed by atoms with van der Waals surface area (Å²) in [5, 5.41) is 2.91. The van der Waals surface area contributed by atoms with Crippen molar-refractivity contribution in [1.82, 2.24) is 4.72 Å². The van der Waals surface area contributed by atoms with Gasteiger partial charge in [-0.05, 0) is 36.5 Å². The lowest BCUT2D eigenvalue weighted by Gasteiger charge is -2.11. The van der Waals surface area contributed by atoms with Crippen molar-refractivity contribution < 1.29 is 8.42 Å². The van der Waals surface area contributed by atoms with E-state index in [2.05, 4.69) is 10.0 Å². The van der Waals surface area contributed by atoms with E-state index in [-0.39, 0.29) is 15.0 Å². The molecule has 20 heavy (non-hydrogen) atoms. The molecule has 0 aromatic heterocycles. The third-order valence-corrected chi connectivity index (χ3v) is 4.57. The predicted molar refractivity (Wildman–Crippen MR) is 84.4 cm³/mol. The smallest absolute Gasteiger partial charge is 0.265 e. The zero-order valence-electron chi connectivity index (χ0n) is 10.2. The van der Waals surface area contributed by atoms with E-state index < -0.39 is 10.0 Å². The van der Waals surface area contributed by atoms with E-state index in [0.29, 0.717) is 5.69 Å². The number of anilines is 1. The van der Waals surface area contributed by atoms with Gasteiger partial charge in [0.25, 0.3) is 10.0 Å². The van der Waals surface area contributed by atoms with Gasteiger partial charge in [-0.1, -0.05) is 41.9 Å². The molecule has 7 heteroatoms. The highest BCUT2D eigenvalue weighted by Crippen LogP contribution is 2.20. The van der Waals surface area contributed by atoms with Crippen molar-refractivity contribution in [3.8, 4) is 0 Å². The molecule has 0 saturated heterocycles. The molecule has 0 heterocycles. The predicted octanol–water partition coefficient (Wildman–Crippen LogP) is 3.02. The number of benzene rings is 2. The molecule has 104 valence electrons. The van der Waals surface area contributed by atoms with Gasteiger partial charge in [0.1, 0.15) is 4.90 Å². The van der Waals surface area contributed by atoms with Gasteiger partial charge in [-0.25, -0.2) is 8.42 Å². The maximum Gasteiger partial charge on any atom is 0.265 e. The Bertz CT molecular complexity index is 718. The van der Waals surface area contributed by atoms with Gasteiger partial charge >= 0.3 is 0 Å². The van der Waals surface area contributed by atoms with Gasteiger partial charge in [0.2, 0.25) is 0 Å². The second-order valence-corrected chi connectivity index (χ2v) is 6.32. The normalized spacial score (nSPS) is 10.8. The summed E-state index contributed by atoms with van der Waals surface area (Å²) in [5.41, 5.74) is 0.694. The molecule has 0 bridgehead atoms. The lowest BCUT2D eigenvalue weighted by Crippen LogP contribution is -2.34. The molecule has 2 rings (SSSR count). The Balaban J connectivity index is 2.13. The summed E-state index contributed by atoms with van der Waals surface area (Å²) >= 11 is 10.9. The molecule has 0 amide bonds. The highest BCUT2D eigenvalue weighted by molar-refractivity contribution is 7.92. The molecule has 2 aromatic carbocycles. The topological polar surface area (TPSA) is 58.2 Å².